The first-order valence-electron chi connectivity index (χ1n) is 4.40. The van der Waals surface area contributed by atoms with E-state index in [0.29, 0.717) is 5.92 Å². The zero-order valence-corrected chi connectivity index (χ0v) is 9.53. The van der Waals surface area contributed by atoms with Gasteiger partial charge in [0, 0.05) is 9.50 Å². The van der Waals surface area contributed by atoms with Crippen molar-refractivity contribution in [1.29, 1.82) is 0 Å². The summed E-state index contributed by atoms with van der Waals surface area (Å²) in [6.45, 7) is 0.722. The van der Waals surface area contributed by atoms with Gasteiger partial charge in [-0.15, -0.1) is 0 Å². The monoisotopic (exact) mass is 259 g/mol. The molecule has 0 radical (unpaired) electrons. The second-order valence-electron chi connectivity index (χ2n) is 3.43. The Morgan fingerprint density at radius 2 is 2.31 bits per heavy atom. The third kappa shape index (κ3) is 1.63. The van der Waals surface area contributed by atoms with Crippen LogP contribution in [0.4, 0.5) is 0 Å². The Kier molecular flexibility index (Phi) is 2.63. The largest absolute Gasteiger partial charge is 0.330 e. The summed E-state index contributed by atoms with van der Waals surface area (Å²) in [5, 5.41) is 0.797. The van der Waals surface area contributed by atoms with Crippen LogP contribution in [0.2, 0.25) is 5.02 Å². The Hall–Kier alpha value is -0.0500. The summed E-state index contributed by atoms with van der Waals surface area (Å²) in [6.07, 6.45) is 2.28. The average Bonchev–Trinajstić information content (AvgIpc) is 2.47. The van der Waals surface area contributed by atoms with E-state index in [1.54, 1.807) is 0 Å². The highest BCUT2D eigenvalue weighted by Gasteiger charge is 2.23. The van der Waals surface area contributed by atoms with Crippen LogP contribution in [-0.4, -0.2) is 6.54 Å². The lowest BCUT2D eigenvalue weighted by Crippen LogP contribution is -2.09. The topological polar surface area (TPSA) is 26.0 Å². The first kappa shape index (κ1) is 9.50. The SMILES string of the molecule is NCC1CCc2c(Br)cc(Cl)cc21. The summed E-state index contributed by atoms with van der Waals surface area (Å²) in [5.74, 6) is 0.505. The lowest BCUT2D eigenvalue weighted by molar-refractivity contribution is 0.688. The van der Waals surface area contributed by atoms with Gasteiger partial charge >= 0.3 is 0 Å². The van der Waals surface area contributed by atoms with Gasteiger partial charge in [-0.05, 0) is 48.6 Å². The maximum Gasteiger partial charge on any atom is 0.0420 e. The molecule has 2 rings (SSSR count). The van der Waals surface area contributed by atoms with Gasteiger partial charge in [0.2, 0.25) is 0 Å². The molecule has 0 saturated carbocycles. The first-order chi connectivity index (χ1) is 6.22. The van der Waals surface area contributed by atoms with Crippen molar-refractivity contribution in [1.82, 2.24) is 0 Å². The normalized spacial score (nSPS) is 20.4. The molecule has 0 aliphatic heterocycles. The van der Waals surface area contributed by atoms with Crippen LogP contribution in [0.25, 0.3) is 0 Å². The van der Waals surface area contributed by atoms with E-state index in [2.05, 4.69) is 15.9 Å². The molecule has 1 nitrogen and oxygen atoms in total. The highest BCUT2D eigenvalue weighted by Crippen LogP contribution is 2.38. The molecule has 1 aliphatic rings. The molecule has 0 amide bonds. The van der Waals surface area contributed by atoms with Gasteiger partial charge in [-0.3, -0.25) is 0 Å². The molecule has 0 spiro atoms. The van der Waals surface area contributed by atoms with E-state index in [4.69, 9.17) is 17.3 Å². The fourth-order valence-electron chi connectivity index (χ4n) is 1.97. The molecule has 1 aromatic rings. The van der Waals surface area contributed by atoms with Gasteiger partial charge in [0.1, 0.15) is 0 Å². The van der Waals surface area contributed by atoms with Gasteiger partial charge in [-0.1, -0.05) is 27.5 Å². The highest BCUT2D eigenvalue weighted by molar-refractivity contribution is 9.10. The summed E-state index contributed by atoms with van der Waals surface area (Å²) in [6, 6.07) is 4.01. The minimum absolute atomic E-state index is 0.505. The van der Waals surface area contributed by atoms with Crippen molar-refractivity contribution in [2.75, 3.05) is 6.54 Å². The number of fused-ring (bicyclic) bond motifs is 1. The molecule has 0 aromatic heterocycles. The van der Waals surface area contributed by atoms with Gasteiger partial charge in [0.15, 0.2) is 0 Å². The van der Waals surface area contributed by atoms with Crippen LogP contribution >= 0.6 is 27.5 Å². The molecule has 1 atom stereocenters. The van der Waals surface area contributed by atoms with Crippen molar-refractivity contribution in [3.8, 4) is 0 Å². The van der Waals surface area contributed by atoms with Crippen LogP contribution in [0.1, 0.15) is 23.5 Å². The van der Waals surface area contributed by atoms with E-state index in [1.165, 1.54) is 11.1 Å². The molecule has 0 fully saturated rings. The maximum atomic E-state index is 5.98. The van der Waals surface area contributed by atoms with E-state index >= 15 is 0 Å². The predicted molar refractivity (Wildman–Crippen MR) is 59.3 cm³/mol. The fourth-order valence-corrected chi connectivity index (χ4v) is 3.00. The zero-order valence-electron chi connectivity index (χ0n) is 7.19. The summed E-state index contributed by atoms with van der Waals surface area (Å²) >= 11 is 9.51. The van der Waals surface area contributed by atoms with Gasteiger partial charge < -0.3 is 5.73 Å². The molecule has 1 unspecified atom stereocenters. The predicted octanol–water partition coefficient (Wildman–Crippen LogP) is 3.09. The Morgan fingerprint density at radius 3 is 3.00 bits per heavy atom. The van der Waals surface area contributed by atoms with E-state index in [9.17, 15) is 0 Å². The highest BCUT2D eigenvalue weighted by atomic mass is 79.9. The third-order valence-corrected chi connectivity index (χ3v) is 3.59. The van der Waals surface area contributed by atoms with Gasteiger partial charge in [0.25, 0.3) is 0 Å². The van der Waals surface area contributed by atoms with Crippen LogP contribution in [0.5, 0.6) is 0 Å². The minimum Gasteiger partial charge on any atom is -0.330 e. The quantitative estimate of drug-likeness (QED) is 0.825. The first-order valence-corrected chi connectivity index (χ1v) is 5.57. The molecule has 2 N–H and O–H groups in total. The Bertz CT molecular complexity index is 338. The summed E-state index contributed by atoms with van der Waals surface area (Å²) < 4.78 is 1.13. The Labute approximate surface area is 91.4 Å². The van der Waals surface area contributed by atoms with Crippen molar-refractivity contribution in [2.45, 2.75) is 18.8 Å². The molecule has 1 aliphatic carbocycles. The molecular formula is C10H11BrClN. The lowest BCUT2D eigenvalue weighted by Gasteiger charge is -2.09. The van der Waals surface area contributed by atoms with Crippen molar-refractivity contribution in [3.63, 3.8) is 0 Å². The molecular weight excluding hydrogens is 249 g/mol. The Morgan fingerprint density at radius 1 is 1.54 bits per heavy atom. The number of benzene rings is 1. The van der Waals surface area contributed by atoms with Crippen molar-refractivity contribution in [2.24, 2.45) is 5.73 Å². The van der Waals surface area contributed by atoms with Gasteiger partial charge in [0.05, 0.1) is 0 Å². The second-order valence-corrected chi connectivity index (χ2v) is 4.72. The summed E-state index contributed by atoms with van der Waals surface area (Å²) in [5.41, 5.74) is 8.41. The van der Waals surface area contributed by atoms with Crippen molar-refractivity contribution >= 4 is 27.5 Å². The maximum absolute atomic E-state index is 5.98. The van der Waals surface area contributed by atoms with Crippen LogP contribution < -0.4 is 5.73 Å². The molecule has 0 heterocycles. The molecule has 13 heavy (non-hydrogen) atoms. The minimum atomic E-state index is 0.505. The standard InChI is InChI=1S/C10H11BrClN/c11-10-4-7(12)3-9-6(5-13)1-2-8(9)10/h3-4,6H,1-2,5,13H2. The third-order valence-electron chi connectivity index (χ3n) is 2.66. The number of halogens is 2. The second kappa shape index (κ2) is 3.60. The van der Waals surface area contributed by atoms with E-state index in [-0.39, 0.29) is 0 Å². The van der Waals surface area contributed by atoms with E-state index in [1.807, 2.05) is 12.1 Å². The number of hydrogen-bond acceptors (Lipinski definition) is 1. The van der Waals surface area contributed by atoms with E-state index < -0.39 is 0 Å². The average molecular weight is 261 g/mol. The van der Waals surface area contributed by atoms with Crippen LogP contribution in [0.3, 0.4) is 0 Å². The number of nitrogens with two attached hydrogens (primary N) is 1. The molecule has 3 heteroatoms. The zero-order chi connectivity index (χ0) is 9.42. The molecule has 1 aromatic carbocycles. The van der Waals surface area contributed by atoms with Crippen LogP contribution in [0.15, 0.2) is 16.6 Å². The summed E-state index contributed by atoms with van der Waals surface area (Å²) in [7, 11) is 0. The molecule has 70 valence electrons. The van der Waals surface area contributed by atoms with E-state index in [0.717, 1.165) is 28.9 Å². The molecule has 0 bridgehead atoms. The van der Waals surface area contributed by atoms with Crippen molar-refractivity contribution < 1.29 is 0 Å². The lowest BCUT2D eigenvalue weighted by atomic mass is 10.0. The summed E-state index contributed by atoms with van der Waals surface area (Å²) in [4.78, 5) is 0. The number of hydrogen-bond donors (Lipinski definition) is 1. The Balaban J connectivity index is 2.51. The van der Waals surface area contributed by atoms with Gasteiger partial charge in [-0.25, -0.2) is 0 Å². The van der Waals surface area contributed by atoms with Crippen molar-refractivity contribution in [3.05, 3.63) is 32.8 Å². The smallest absolute Gasteiger partial charge is 0.0420 e. The fraction of sp³-hybridized carbons (Fsp3) is 0.400. The molecule has 0 saturated heterocycles. The van der Waals surface area contributed by atoms with Crippen LogP contribution in [-0.2, 0) is 6.42 Å². The van der Waals surface area contributed by atoms with Gasteiger partial charge in [-0.2, -0.15) is 0 Å². The van der Waals surface area contributed by atoms with Crippen LogP contribution in [0, 0.1) is 0 Å². The number of rotatable bonds is 1.